The summed E-state index contributed by atoms with van der Waals surface area (Å²) in [6.07, 6.45) is 1.45. The number of furan rings is 1. The molecule has 0 aliphatic heterocycles. The van der Waals surface area contributed by atoms with Crippen molar-refractivity contribution in [3.8, 4) is 0 Å². The molecule has 5 heteroatoms. The van der Waals surface area contributed by atoms with Gasteiger partial charge < -0.3 is 15.5 Å². The monoisotopic (exact) mass is 294 g/mol. The molecular formula is C12H11BrN2O2. The van der Waals surface area contributed by atoms with E-state index in [0.717, 1.165) is 10.0 Å². The fraction of sp³-hybridized carbons (Fsp3) is 0.0833. The second-order valence-corrected chi connectivity index (χ2v) is 4.47. The Labute approximate surface area is 107 Å². The van der Waals surface area contributed by atoms with E-state index in [4.69, 9.17) is 10.2 Å². The van der Waals surface area contributed by atoms with E-state index in [-0.39, 0.29) is 11.7 Å². The molecule has 0 spiro atoms. The van der Waals surface area contributed by atoms with Crippen LogP contribution in [0.1, 0.15) is 16.1 Å². The third-order valence-corrected chi connectivity index (χ3v) is 3.00. The first-order valence-corrected chi connectivity index (χ1v) is 5.77. The van der Waals surface area contributed by atoms with Crippen LogP contribution in [0.4, 0.5) is 11.4 Å². The van der Waals surface area contributed by atoms with Crippen LogP contribution < -0.4 is 11.1 Å². The summed E-state index contributed by atoms with van der Waals surface area (Å²) < 4.78 is 5.78. The van der Waals surface area contributed by atoms with Crippen LogP contribution in [0.25, 0.3) is 0 Å². The normalized spacial score (nSPS) is 10.2. The van der Waals surface area contributed by atoms with Crippen molar-refractivity contribution in [2.24, 2.45) is 0 Å². The Bertz CT molecular complexity index is 550. The number of nitrogens with one attached hydrogen (secondary N) is 1. The van der Waals surface area contributed by atoms with Gasteiger partial charge in [0.05, 0.1) is 12.0 Å². The van der Waals surface area contributed by atoms with Gasteiger partial charge >= 0.3 is 0 Å². The molecule has 3 N–H and O–H groups in total. The van der Waals surface area contributed by atoms with E-state index in [1.807, 2.05) is 13.0 Å². The third-order valence-electron chi connectivity index (χ3n) is 2.35. The van der Waals surface area contributed by atoms with Gasteiger partial charge in [-0.15, -0.1) is 0 Å². The first kappa shape index (κ1) is 11.7. The first-order chi connectivity index (χ1) is 8.08. The van der Waals surface area contributed by atoms with E-state index in [2.05, 4.69) is 21.2 Å². The Hall–Kier alpha value is -1.75. The predicted octanol–water partition coefficient (Wildman–Crippen LogP) is 3.19. The molecule has 0 unspecified atom stereocenters. The number of rotatable bonds is 2. The zero-order valence-electron chi connectivity index (χ0n) is 9.16. The molecule has 0 aliphatic rings. The maximum Gasteiger partial charge on any atom is 0.291 e. The summed E-state index contributed by atoms with van der Waals surface area (Å²) in [5, 5.41) is 2.72. The minimum Gasteiger partial charge on any atom is -0.459 e. The van der Waals surface area contributed by atoms with Crippen molar-refractivity contribution in [2.45, 2.75) is 6.92 Å². The molecule has 17 heavy (non-hydrogen) atoms. The molecule has 2 rings (SSSR count). The molecule has 1 heterocycles. The molecule has 2 aromatic rings. The van der Waals surface area contributed by atoms with Gasteiger partial charge in [-0.3, -0.25) is 4.79 Å². The number of nitrogens with two attached hydrogens (primary N) is 1. The quantitative estimate of drug-likeness (QED) is 0.836. The standard InChI is InChI=1S/C12H11BrN2O2/c1-7-5-8(13)10(6-9(7)14)15-12(16)11-3-2-4-17-11/h2-6H,14H2,1H3,(H,15,16). The average Bonchev–Trinajstić information content (AvgIpc) is 2.79. The van der Waals surface area contributed by atoms with Crippen LogP contribution in [0.2, 0.25) is 0 Å². The minimum atomic E-state index is -0.307. The Morgan fingerprint density at radius 1 is 1.47 bits per heavy atom. The Balaban J connectivity index is 2.25. The molecule has 1 aromatic heterocycles. The highest BCUT2D eigenvalue weighted by atomic mass is 79.9. The van der Waals surface area contributed by atoms with E-state index < -0.39 is 0 Å². The smallest absolute Gasteiger partial charge is 0.291 e. The highest BCUT2D eigenvalue weighted by Crippen LogP contribution is 2.28. The SMILES string of the molecule is Cc1cc(Br)c(NC(=O)c2ccco2)cc1N. The molecule has 0 atom stereocenters. The number of benzene rings is 1. The van der Waals surface area contributed by atoms with Crippen molar-refractivity contribution < 1.29 is 9.21 Å². The van der Waals surface area contributed by atoms with Gasteiger partial charge in [0.1, 0.15) is 0 Å². The summed E-state index contributed by atoms with van der Waals surface area (Å²) in [6, 6.07) is 6.82. The summed E-state index contributed by atoms with van der Waals surface area (Å²) in [5.74, 6) is -0.0463. The van der Waals surface area contributed by atoms with Crippen LogP contribution in [0, 0.1) is 6.92 Å². The number of halogens is 1. The Kier molecular flexibility index (Phi) is 3.19. The molecular weight excluding hydrogens is 284 g/mol. The van der Waals surface area contributed by atoms with Gasteiger partial charge in [0.2, 0.25) is 0 Å². The van der Waals surface area contributed by atoms with Crippen molar-refractivity contribution in [1.29, 1.82) is 0 Å². The summed E-state index contributed by atoms with van der Waals surface area (Å²) in [4.78, 5) is 11.8. The van der Waals surface area contributed by atoms with Gasteiger partial charge in [-0.25, -0.2) is 0 Å². The average molecular weight is 295 g/mol. The van der Waals surface area contributed by atoms with Gasteiger partial charge in [0, 0.05) is 10.2 Å². The molecule has 88 valence electrons. The highest BCUT2D eigenvalue weighted by molar-refractivity contribution is 9.10. The Morgan fingerprint density at radius 3 is 2.88 bits per heavy atom. The second kappa shape index (κ2) is 4.63. The van der Waals surface area contributed by atoms with Crippen molar-refractivity contribution in [3.63, 3.8) is 0 Å². The minimum absolute atomic E-state index is 0.260. The molecule has 0 radical (unpaired) electrons. The zero-order valence-corrected chi connectivity index (χ0v) is 10.7. The molecule has 0 aliphatic carbocycles. The zero-order chi connectivity index (χ0) is 12.4. The van der Waals surface area contributed by atoms with Crippen LogP contribution in [-0.2, 0) is 0 Å². The van der Waals surface area contributed by atoms with E-state index >= 15 is 0 Å². The van der Waals surface area contributed by atoms with Gasteiger partial charge in [-0.2, -0.15) is 0 Å². The van der Waals surface area contributed by atoms with Crippen molar-refractivity contribution >= 4 is 33.2 Å². The number of hydrogen-bond donors (Lipinski definition) is 2. The number of carbonyl (C=O) groups excluding carboxylic acids is 1. The maximum atomic E-state index is 11.8. The molecule has 0 bridgehead atoms. The lowest BCUT2D eigenvalue weighted by Gasteiger charge is -2.09. The van der Waals surface area contributed by atoms with Crippen LogP contribution in [0.5, 0.6) is 0 Å². The van der Waals surface area contributed by atoms with Crippen LogP contribution in [0.3, 0.4) is 0 Å². The van der Waals surface area contributed by atoms with E-state index in [1.165, 1.54) is 6.26 Å². The molecule has 1 aromatic carbocycles. The Morgan fingerprint density at radius 2 is 2.24 bits per heavy atom. The topological polar surface area (TPSA) is 68.3 Å². The molecule has 0 saturated heterocycles. The van der Waals surface area contributed by atoms with Gasteiger partial charge in [0.25, 0.3) is 5.91 Å². The van der Waals surface area contributed by atoms with Crippen molar-refractivity contribution in [2.75, 3.05) is 11.1 Å². The van der Waals surface area contributed by atoms with Crippen LogP contribution >= 0.6 is 15.9 Å². The van der Waals surface area contributed by atoms with Crippen LogP contribution in [-0.4, -0.2) is 5.91 Å². The van der Waals surface area contributed by atoms with Crippen molar-refractivity contribution in [3.05, 3.63) is 46.3 Å². The maximum absolute atomic E-state index is 11.8. The van der Waals surface area contributed by atoms with E-state index in [0.29, 0.717) is 11.4 Å². The lowest BCUT2D eigenvalue weighted by molar-refractivity contribution is 0.0996. The molecule has 1 amide bonds. The lowest BCUT2D eigenvalue weighted by Crippen LogP contribution is -2.11. The fourth-order valence-electron chi connectivity index (χ4n) is 1.38. The molecule has 0 saturated carbocycles. The predicted molar refractivity (Wildman–Crippen MR) is 70.0 cm³/mol. The number of nitrogen functional groups attached to an aromatic ring is 1. The lowest BCUT2D eigenvalue weighted by atomic mass is 10.2. The summed E-state index contributed by atoms with van der Waals surface area (Å²) >= 11 is 3.37. The number of carbonyl (C=O) groups is 1. The van der Waals surface area contributed by atoms with E-state index in [9.17, 15) is 4.79 Å². The second-order valence-electron chi connectivity index (χ2n) is 3.62. The van der Waals surface area contributed by atoms with Gasteiger partial charge in [-0.1, -0.05) is 0 Å². The molecule has 4 nitrogen and oxygen atoms in total. The largest absolute Gasteiger partial charge is 0.459 e. The first-order valence-electron chi connectivity index (χ1n) is 4.98. The van der Waals surface area contributed by atoms with Crippen LogP contribution in [0.15, 0.2) is 39.4 Å². The summed E-state index contributed by atoms with van der Waals surface area (Å²) in [5.41, 5.74) is 7.99. The van der Waals surface area contributed by atoms with Crippen molar-refractivity contribution in [1.82, 2.24) is 0 Å². The number of aryl methyl sites for hydroxylation is 1. The highest BCUT2D eigenvalue weighted by Gasteiger charge is 2.11. The number of amides is 1. The fourth-order valence-corrected chi connectivity index (χ4v) is 1.93. The van der Waals surface area contributed by atoms with Gasteiger partial charge in [0.15, 0.2) is 5.76 Å². The summed E-state index contributed by atoms with van der Waals surface area (Å²) in [7, 11) is 0. The third kappa shape index (κ3) is 2.50. The van der Waals surface area contributed by atoms with E-state index in [1.54, 1.807) is 18.2 Å². The summed E-state index contributed by atoms with van der Waals surface area (Å²) in [6.45, 7) is 1.90. The number of anilines is 2. The molecule has 0 fully saturated rings. The number of hydrogen-bond acceptors (Lipinski definition) is 3. The van der Waals surface area contributed by atoms with Gasteiger partial charge in [-0.05, 0) is 52.7 Å².